The maximum Gasteiger partial charge on any atom is 0.316 e. The van der Waals surface area contributed by atoms with Crippen molar-refractivity contribution in [1.29, 1.82) is 0 Å². The third-order valence-electron chi connectivity index (χ3n) is 6.46. The Balaban J connectivity index is 2.76. The Kier molecular flexibility index (Phi) is 16.9. The van der Waals surface area contributed by atoms with Crippen LogP contribution in [0.3, 0.4) is 0 Å². The van der Waals surface area contributed by atoms with E-state index in [-0.39, 0.29) is 68.6 Å². The van der Waals surface area contributed by atoms with E-state index in [1.54, 1.807) is 0 Å². The number of aliphatic imine (C=N–C) groups is 1. The predicted octanol–water partition coefficient (Wildman–Crippen LogP) is 4.56. The van der Waals surface area contributed by atoms with Crippen molar-refractivity contribution in [1.82, 2.24) is 0 Å². The van der Waals surface area contributed by atoms with Crippen LogP contribution in [0.2, 0.25) is 0 Å². The van der Waals surface area contributed by atoms with Gasteiger partial charge in [0.2, 0.25) is 5.91 Å². The Morgan fingerprint density at radius 3 is 2.15 bits per heavy atom. The van der Waals surface area contributed by atoms with Crippen LogP contribution in [0.1, 0.15) is 73.8 Å². The molecule has 10 heteroatoms. The first-order chi connectivity index (χ1) is 19.3. The highest BCUT2D eigenvalue weighted by Crippen LogP contribution is 2.16. The zero-order valence-corrected chi connectivity index (χ0v) is 25.8. The van der Waals surface area contributed by atoms with E-state index in [9.17, 15) is 19.5 Å². The van der Waals surface area contributed by atoms with Gasteiger partial charge in [-0.2, -0.15) is 0 Å². The molecular formula is C31H48N2O8. The molecule has 1 N–H and O–H groups in total. The number of ketones is 1. The quantitative estimate of drug-likeness (QED) is 0.110. The first kappa shape index (κ1) is 36.1. The van der Waals surface area contributed by atoms with Crippen LogP contribution >= 0.6 is 0 Å². The number of esters is 1. The molecule has 10 nitrogen and oxygen atoms in total. The Morgan fingerprint density at radius 1 is 0.927 bits per heavy atom. The van der Waals surface area contributed by atoms with Crippen LogP contribution < -0.4 is 0 Å². The molecular weight excluding hydrogens is 528 g/mol. The zero-order valence-electron chi connectivity index (χ0n) is 25.8. The summed E-state index contributed by atoms with van der Waals surface area (Å²) in [4.78, 5) is 45.8. The first-order valence-electron chi connectivity index (χ1n) is 14.2. The molecule has 0 bridgehead atoms. The number of rotatable bonds is 19. The van der Waals surface area contributed by atoms with Crippen LogP contribution in [0, 0.1) is 17.8 Å². The SMILES string of the molecule is CC(=O)N=C(C(C)C)C(C)C(C)OC/C(COC(C)CCC(=O)C(C)C(=O)OCC(C)O)=N\OCc1ccccc1. The number of Topliss-reactive ketones (excluding diaryl/α,β-unsaturated/α-hetero) is 1. The molecule has 0 aliphatic carbocycles. The highest BCUT2D eigenvalue weighted by molar-refractivity contribution is 5.98. The van der Waals surface area contributed by atoms with Gasteiger partial charge in [-0.05, 0) is 45.6 Å². The summed E-state index contributed by atoms with van der Waals surface area (Å²) in [6, 6.07) is 9.64. The fraction of sp³-hybridized carbons (Fsp3) is 0.645. The molecule has 41 heavy (non-hydrogen) atoms. The number of hydrogen-bond donors (Lipinski definition) is 1. The van der Waals surface area contributed by atoms with Crippen LogP contribution in [0.15, 0.2) is 40.5 Å². The average molecular weight is 577 g/mol. The van der Waals surface area contributed by atoms with Gasteiger partial charge < -0.3 is 24.2 Å². The molecule has 5 unspecified atom stereocenters. The summed E-state index contributed by atoms with van der Waals surface area (Å²) in [5.74, 6) is -2.05. The smallest absolute Gasteiger partial charge is 0.316 e. The fourth-order valence-corrected chi connectivity index (χ4v) is 3.76. The Labute approximate surface area is 244 Å². The van der Waals surface area contributed by atoms with Crippen molar-refractivity contribution < 1.29 is 38.5 Å². The molecule has 0 saturated carbocycles. The van der Waals surface area contributed by atoms with E-state index < -0.39 is 18.0 Å². The molecule has 0 fully saturated rings. The molecule has 0 aromatic heterocycles. The summed E-state index contributed by atoms with van der Waals surface area (Å²) in [5.41, 5.74) is 2.28. The van der Waals surface area contributed by atoms with Crippen molar-refractivity contribution in [2.24, 2.45) is 27.9 Å². The van der Waals surface area contributed by atoms with Gasteiger partial charge in [0, 0.05) is 25.0 Å². The van der Waals surface area contributed by atoms with E-state index in [0.29, 0.717) is 12.1 Å². The van der Waals surface area contributed by atoms with E-state index >= 15 is 0 Å². The van der Waals surface area contributed by atoms with Crippen molar-refractivity contribution in [3.05, 3.63) is 35.9 Å². The molecule has 0 aliphatic rings. The summed E-state index contributed by atoms with van der Waals surface area (Å²) in [6.07, 6.45) is -0.797. The second-order valence-corrected chi connectivity index (χ2v) is 10.8. The standard InChI is InChI=1S/C31H48N2O8/c1-20(2)30(32-26(8)35)23(5)25(7)39-19-28(33-41-17-27-12-10-9-11-13-27)18-38-22(4)14-15-29(36)24(6)31(37)40-16-21(3)34/h9-13,20-25,34H,14-19H2,1-8H3/b32-30?,33-28-. The number of carbonyl (C=O) groups excluding carboxylic acids is 3. The van der Waals surface area contributed by atoms with Crippen molar-refractivity contribution in [2.75, 3.05) is 19.8 Å². The number of hydrogen-bond acceptors (Lipinski definition) is 9. The maximum absolute atomic E-state index is 12.4. The van der Waals surface area contributed by atoms with Crippen LogP contribution in [0.5, 0.6) is 0 Å². The minimum atomic E-state index is -0.913. The Morgan fingerprint density at radius 2 is 1.56 bits per heavy atom. The summed E-state index contributed by atoms with van der Waals surface area (Å²) >= 11 is 0. The van der Waals surface area contributed by atoms with Gasteiger partial charge in [-0.25, -0.2) is 4.99 Å². The normalized spacial score (nSPS) is 16.0. The lowest BCUT2D eigenvalue weighted by atomic mass is 9.91. The van der Waals surface area contributed by atoms with Crippen LogP contribution in [-0.4, -0.2) is 72.3 Å². The zero-order chi connectivity index (χ0) is 30.9. The molecule has 5 atom stereocenters. The van der Waals surface area contributed by atoms with E-state index in [1.165, 1.54) is 20.8 Å². The third-order valence-corrected chi connectivity index (χ3v) is 6.46. The number of aliphatic hydroxyl groups excluding tert-OH is 1. The monoisotopic (exact) mass is 576 g/mol. The lowest BCUT2D eigenvalue weighted by Crippen LogP contribution is -2.32. The van der Waals surface area contributed by atoms with Crippen LogP contribution in [0.25, 0.3) is 0 Å². The molecule has 0 spiro atoms. The lowest BCUT2D eigenvalue weighted by molar-refractivity contribution is -0.153. The van der Waals surface area contributed by atoms with Gasteiger partial charge in [0.25, 0.3) is 0 Å². The van der Waals surface area contributed by atoms with E-state index in [1.807, 2.05) is 65.0 Å². The number of ether oxygens (including phenoxy) is 3. The average Bonchev–Trinajstić information content (AvgIpc) is 2.93. The highest BCUT2D eigenvalue weighted by Gasteiger charge is 2.25. The van der Waals surface area contributed by atoms with E-state index in [2.05, 4.69) is 10.1 Å². The minimum Gasteiger partial charge on any atom is -0.462 e. The summed E-state index contributed by atoms with van der Waals surface area (Å²) < 4.78 is 17.0. The number of oxime groups is 1. The second kappa shape index (κ2) is 19.2. The highest BCUT2D eigenvalue weighted by atomic mass is 16.6. The molecule has 1 rings (SSSR count). The maximum atomic E-state index is 12.4. The van der Waals surface area contributed by atoms with Crippen molar-refractivity contribution in [3.63, 3.8) is 0 Å². The molecule has 230 valence electrons. The lowest BCUT2D eigenvalue weighted by Gasteiger charge is -2.24. The molecule has 0 aliphatic heterocycles. The van der Waals surface area contributed by atoms with Gasteiger partial charge in [-0.1, -0.05) is 56.3 Å². The largest absolute Gasteiger partial charge is 0.462 e. The summed E-state index contributed by atoms with van der Waals surface area (Å²) in [7, 11) is 0. The fourth-order valence-electron chi connectivity index (χ4n) is 3.76. The topological polar surface area (TPSA) is 133 Å². The number of nitrogens with zero attached hydrogens (tertiary/aromatic N) is 2. The van der Waals surface area contributed by atoms with Crippen LogP contribution in [-0.2, 0) is 40.0 Å². The molecule has 0 radical (unpaired) electrons. The first-order valence-corrected chi connectivity index (χ1v) is 14.2. The van der Waals surface area contributed by atoms with Crippen molar-refractivity contribution >= 4 is 29.1 Å². The molecule has 0 heterocycles. The van der Waals surface area contributed by atoms with Gasteiger partial charge >= 0.3 is 5.97 Å². The number of aliphatic hydroxyl groups is 1. The van der Waals surface area contributed by atoms with Crippen molar-refractivity contribution in [3.8, 4) is 0 Å². The van der Waals surface area contributed by atoms with Gasteiger partial charge in [-0.3, -0.25) is 14.4 Å². The van der Waals surface area contributed by atoms with E-state index in [0.717, 1.165) is 11.3 Å². The number of carbonyl (C=O) groups is 3. The number of benzene rings is 1. The third kappa shape index (κ3) is 15.0. The minimum absolute atomic E-state index is 0.0921. The molecule has 1 aromatic rings. The van der Waals surface area contributed by atoms with Gasteiger partial charge in [0.05, 0.1) is 31.5 Å². The summed E-state index contributed by atoms with van der Waals surface area (Å²) in [5, 5.41) is 13.5. The number of amides is 1. The van der Waals surface area contributed by atoms with Gasteiger partial charge in [0.15, 0.2) is 0 Å². The molecule has 1 amide bonds. The Hall–Kier alpha value is -2.95. The van der Waals surface area contributed by atoms with Crippen molar-refractivity contribution in [2.45, 2.75) is 93.2 Å². The summed E-state index contributed by atoms with van der Waals surface area (Å²) in [6.45, 7) is 14.6. The molecule has 0 saturated heterocycles. The predicted molar refractivity (Wildman–Crippen MR) is 158 cm³/mol. The van der Waals surface area contributed by atoms with E-state index in [4.69, 9.17) is 19.0 Å². The molecule has 1 aromatic carbocycles. The Bertz CT molecular complexity index is 1010. The van der Waals surface area contributed by atoms with Crippen LogP contribution in [0.4, 0.5) is 0 Å². The van der Waals surface area contributed by atoms with Gasteiger partial charge in [0.1, 0.15) is 30.6 Å². The second-order valence-electron chi connectivity index (χ2n) is 10.8. The van der Waals surface area contributed by atoms with Gasteiger partial charge in [-0.15, -0.1) is 0 Å².